The molecule has 1 saturated heterocycles. The predicted molar refractivity (Wildman–Crippen MR) is 107 cm³/mol. The van der Waals surface area contributed by atoms with Gasteiger partial charge < -0.3 is 15.4 Å². The molecule has 4 heterocycles. The third-order valence-corrected chi connectivity index (χ3v) is 4.93. The van der Waals surface area contributed by atoms with Crippen LogP contribution in [0.2, 0.25) is 0 Å². The molecule has 0 bridgehead atoms. The lowest BCUT2D eigenvalue weighted by atomic mass is 10.1. The van der Waals surface area contributed by atoms with E-state index in [0.717, 1.165) is 16.9 Å². The summed E-state index contributed by atoms with van der Waals surface area (Å²) in [6.45, 7) is 3.54. The van der Waals surface area contributed by atoms with Gasteiger partial charge >= 0.3 is 0 Å². The zero-order valence-electron chi connectivity index (χ0n) is 15.8. The number of rotatable bonds is 5. The van der Waals surface area contributed by atoms with Crippen LogP contribution in [-0.2, 0) is 0 Å². The molecule has 0 aliphatic carbocycles. The second-order valence-electron chi connectivity index (χ2n) is 6.73. The lowest BCUT2D eigenvalue weighted by molar-refractivity contribution is 0.338. The molecule has 3 aromatic heterocycles. The van der Waals surface area contributed by atoms with Crippen molar-refractivity contribution in [3.8, 4) is 22.9 Å². The minimum Gasteiger partial charge on any atom is -0.492 e. The van der Waals surface area contributed by atoms with Gasteiger partial charge in [-0.15, -0.1) is 0 Å². The molecule has 0 amide bonds. The van der Waals surface area contributed by atoms with Crippen molar-refractivity contribution in [2.75, 3.05) is 24.6 Å². The van der Waals surface area contributed by atoms with Gasteiger partial charge in [-0.05, 0) is 30.7 Å². The third kappa shape index (κ3) is 3.40. The van der Waals surface area contributed by atoms with E-state index in [0.29, 0.717) is 36.5 Å². The minimum absolute atomic E-state index is 0.222. The standard InChI is InChI=1S/C19H19N9O/c1-2-29-14-5-15(19-13(6-20)8-24-28(19)9-14)12-3-4-18(23-7-12)27-10-16(21)17(11-27)25-26-22/h3-5,7-9,16-17H,2,10-11,21H2,1H3/t16-,17-/m0/s1. The highest BCUT2D eigenvalue weighted by atomic mass is 16.5. The Kier molecular flexibility index (Phi) is 4.91. The summed E-state index contributed by atoms with van der Waals surface area (Å²) in [5.41, 5.74) is 17.6. The van der Waals surface area contributed by atoms with Gasteiger partial charge in [-0.3, -0.25) is 0 Å². The molecule has 2 N–H and O–H groups in total. The number of nitrogens with zero attached hydrogens (tertiary/aromatic N) is 8. The zero-order chi connectivity index (χ0) is 20.4. The Labute approximate surface area is 166 Å². The van der Waals surface area contributed by atoms with Crippen LogP contribution in [-0.4, -0.2) is 46.4 Å². The van der Waals surface area contributed by atoms with Crippen molar-refractivity contribution in [2.24, 2.45) is 10.8 Å². The van der Waals surface area contributed by atoms with Gasteiger partial charge in [-0.25, -0.2) is 9.50 Å². The first kappa shape index (κ1) is 18.6. The van der Waals surface area contributed by atoms with Gasteiger partial charge in [-0.1, -0.05) is 5.11 Å². The van der Waals surface area contributed by atoms with Crippen molar-refractivity contribution in [1.82, 2.24) is 14.6 Å². The average molecular weight is 389 g/mol. The maximum Gasteiger partial charge on any atom is 0.138 e. The Bertz CT molecular complexity index is 1130. The molecule has 10 nitrogen and oxygen atoms in total. The summed E-state index contributed by atoms with van der Waals surface area (Å²) in [5.74, 6) is 1.42. The molecule has 0 saturated carbocycles. The molecule has 146 valence electrons. The maximum atomic E-state index is 9.45. The number of aromatic nitrogens is 3. The largest absolute Gasteiger partial charge is 0.492 e. The Hall–Kier alpha value is -3.80. The molecule has 0 radical (unpaired) electrons. The van der Waals surface area contributed by atoms with Gasteiger partial charge in [0.15, 0.2) is 0 Å². The Morgan fingerprint density at radius 2 is 2.28 bits per heavy atom. The molecule has 0 aromatic carbocycles. The van der Waals surface area contributed by atoms with Crippen molar-refractivity contribution in [2.45, 2.75) is 19.0 Å². The molecule has 1 aliphatic rings. The Morgan fingerprint density at radius 3 is 2.97 bits per heavy atom. The van der Waals surface area contributed by atoms with Crippen molar-refractivity contribution >= 4 is 11.3 Å². The second-order valence-corrected chi connectivity index (χ2v) is 6.73. The van der Waals surface area contributed by atoms with Crippen LogP contribution in [0.1, 0.15) is 12.5 Å². The topological polar surface area (TPSA) is 141 Å². The van der Waals surface area contributed by atoms with Gasteiger partial charge in [-0.2, -0.15) is 10.4 Å². The number of anilines is 1. The zero-order valence-corrected chi connectivity index (χ0v) is 15.8. The molecule has 2 atom stereocenters. The summed E-state index contributed by atoms with van der Waals surface area (Å²) >= 11 is 0. The molecular formula is C19H19N9O. The first-order chi connectivity index (χ1) is 14.1. The summed E-state index contributed by atoms with van der Waals surface area (Å²) in [4.78, 5) is 9.44. The van der Waals surface area contributed by atoms with Crippen molar-refractivity contribution < 1.29 is 4.74 Å². The van der Waals surface area contributed by atoms with Crippen LogP contribution in [0, 0.1) is 11.3 Å². The number of hydrogen-bond donors (Lipinski definition) is 1. The number of hydrogen-bond acceptors (Lipinski definition) is 7. The fourth-order valence-corrected chi connectivity index (χ4v) is 3.56. The highest BCUT2D eigenvalue weighted by Crippen LogP contribution is 2.31. The quantitative estimate of drug-likeness (QED) is 0.404. The normalized spacial score (nSPS) is 18.4. The number of azide groups is 1. The first-order valence-electron chi connectivity index (χ1n) is 9.20. The number of pyridine rings is 2. The molecule has 4 rings (SSSR count). The molecule has 1 fully saturated rings. The van der Waals surface area contributed by atoms with E-state index >= 15 is 0 Å². The minimum atomic E-state index is -0.269. The summed E-state index contributed by atoms with van der Waals surface area (Å²) in [5, 5.41) is 17.5. The molecular weight excluding hydrogens is 370 g/mol. The molecule has 10 heteroatoms. The van der Waals surface area contributed by atoms with Crippen LogP contribution in [0.25, 0.3) is 27.1 Å². The van der Waals surface area contributed by atoms with Gasteiger partial charge in [0.05, 0.1) is 36.1 Å². The number of fused-ring (bicyclic) bond motifs is 1. The smallest absolute Gasteiger partial charge is 0.138 e. The number of ether oxygens (including phenoxy) is 1. The van der Waals surface area contributed by atoms with Crippen LogP contribution in [0.3, 0.4) is 0 Å². The van der Waals surface area contributed by atoms with Crippen LogP contribution < -0.4 is 15.4 Å². The second kappa shape index (κ2) is 7.67. The molecule has 0 unspecified atom stereocenters. The average Bonchev–Trinajstić information content (AvgIpc) is 3.31. The van der Waals surface area contributed by atoms with Gasteiger partial charge in [0, 0.05) is 41.4 Å². The third-order valence-electron chi connectivity index (χ3n) is 4.93. The van der Waals surface area contributed by atoms with E-state index in [1.54, 1.807) is 16.9 Å². The van der Waals surface area contributed by atoms with E-state index in [1.165, 1.54) is 6.20 Å². The Balaban J connectivity index is 1.71. The molecule has 0 spiro atoms. The molecule has 29 heavy (non-hydrogen) atoms. The van der Waals surface area contributed by atoms with E-state index in [9.17, 15) is 5.26 Å². The van der Waals surface area contributed by atoms with Gasteiger partial charge in [0.25, 0.3) is 0 Å². The van der Waals surface area contributed by atoms with E-state index in [2.05, 4.69) is 26.2 Å². The maximum absolute atomic E-state index is 9.45. The highest BCUT2D eigenvalue weighted by Gasteiger charge is 2.30. The number of nitrogens with two attached hydrogens (primary N) is 1. The van der Waals surface area contributed by atoms with E-state index in [4.69, 9.17) is 16.0 Å². The van der Waals surface area contributed by atoms with Crippen LogP contribution in [0.4, 0.5) is 5.82 Å². The van der Waals surface area contributed by atoms with Gasteiger partial charge in [0.2, 0.25) is 0 Å². The van der Waals surface area contributed by atoms with Crippen LogP contribution >= 0.6 is 0 Å². The summed E-state index contributed by atoms with van der Waals surface area (Å²) < 4.78 is 7.29. The first-order valence-corrected chi connectivity index (χ1v) is 9.20. The molecule has 3 aromatic rings. The highest BCUT2D eigenvalue weighted by molar-refractivity contribution is 5.85. The van der Waals surface area contributed by atoms with Crippen LogP contribution in [0.15, 0.2) is 41.9 Å². The van der Waals surface area contributed by atoms with E-state index < -0.39 is 0 Å². The fraction of sp³-hybridized carbons (Fsp3) is 0.316. The monoisotopic (exact) mass is 389 g/mol. The van der Waals surface area contributed by atoms with Crippen LogP contribution in [0.5, 0.6) is 5.75 Å². The summed E-state index contributed by atoms with van der Waals surface area (Å²) in [7, 11) is 0. The summed E-state index contributed by atoms with van der Waals surface area (Å²) in [6, 6.07) is 7.42. The predicted octanol–water partition coefficient (Wildman–Crippen LogP) is 2.49. The lowest BCUT2D eigenvalue weighted by Crippen LogP contribution is -2.31. The fourth-order valence-electron chi connectivity index (χ4n) is 3.56. The van der Waals surface area contributed by atoms with Crippen molar-refractivity contribution in [3.63, 3.8) is 0 Å². The lowest BCUT2D eigenvalue weighted by Gasteiger charge is -2.17. The molecule has 1 aliphatic heterocycles. The van der Waals surface area contributed by atoms with Gasteiger partial charge in [0.1, 0.15) is 17.6 Å². The van der Waals surface area contributed by atoms with E-state index in [1.807, 2.05) is 30.0 Å². The SMILES string of the molecule is CCOc1cc(-c2ccc(N3C[C@H](N=[N+]=[N-])[C@@H](N)C3)nc2)c2c(C#N)cnn2c1. The summed E-state index contributed by atoms with van der Waals surface area (Å²) in [6.07, 6.45) is 5.05. The van der Waals surface area contributed by atoms with Crippen molar-refractivity contribution in [1.29, 1.82) is 5.26 Å². The van der Waals surface area contributed by atoms with E-state index in [-0.39, 0.29) is 12.1 Å². The number of nitriles is 1. The Morgan fingerprint density at radius 1 is 1.41 bits per heavy atom. The van der Waals surface area contributed by atoms with Crippen molar-refractivity contribution in [3.05, 3.63) is 52.8 Å².